The molecule has 0 aromatic heterocycles. The van der Waals surface area contributed by atoms with E-state index in [1.807, 2.05) is 0 Å². The number of rotatable bonds is 5. The summed E-state index contributed by atoms with van der Waals surface area (Å²) < 4.78 is 38.6. The molecule has 1 aromatic rings. The van der Waals surface area contributed by atoms with E-state index < -0.39 is 11.7 Å². The molecule has 6 heteroatoms. The normalized spacial score (nSPS) is 10.8. The van der Waals surface area contributed by atoms with Crippen LogP contribution in [0.4, 0.5) is 18.9 Å². The molecule has 0 radical (unpaired) electrons. The Morgan fingerprint density at radius 1 is 1.20 bits per heavy atom. The predicted octanol–water partition coefficient (Wildman–Crippen LogP) is 4.08. The van der Waals surface area contributed by atoms with Gasteiger partial charge in [-0.25, -0.2) is 0 Å². The van der Waals surface area contributed by atoms with E-state index in [1.54, 1.807) is 17.1 Å². The molecule has 2 nitrogen and oxygen atoms in total. The van der Waals surface area contributed by atoms with E-state index in [1.165, 1.54) is 18.2 Å². The number of alkyl halides is 3. The number of anilines is 1. The first kappa shape index (κ1) is 16.2. The molecule has 1 N–H and O–H groups in total. The van der Waals surface area contributed by atoms with E-state index in [9.17, 15) is 13.2 Å². The number of para-hydroxylation sites is 1. The standard InChI is InChI=1S/C14H15F3N2S/c1-3-9-19(10-4-2)13(20)18-12-8-6-5-7-11(12)14(15,16)17/h3-8H,1-2,9-10H2,(H,18,20). The molecule has 0 fully saturated rings. The Hall–Kier alpha value is -1.82. The van der Waals surface area contributed by atoms with Crippen molar-refractivity contribution in [3.8, 4) is 0 Å². The molecule has 0 spiro atoms. The van der Waals surface area contributed by atoms with Gasteiger partial charge in [-0.2, -0.15) is 13.2 Å². The number of hydrogen-bond donors (Lipinski definition) is 1. The Bertz CT molecular complexity index is 487. The third-order valence-electron chi connectivity index (χ3n) is 2.46. The largest absolute Gasteiger partial charge is 0.418 e. The molecule has 0 amide bonds. The lowest BCUT2D eigenvalue weighted by Crippen LogP contribution is -2.35. The smallest absolute Gasteiger partial charge is 0.342 e. The minimum Gasteiger partial charge on any atom is -0.342 e. The van der Waals surface area contributed by atoms with Crippen LogP contribution >= 0.6 is 12.2 Å². The molecule has 0 aliphatic heterocycles. The van der Waals surface area contributed by atoms with Crippen molar-refractivity contribution >= 4 is 23.0 Å². The summed E-state index contributed by atoms with van der Waals surface area (Å²) in [5.74, 6) is 0. The molecule has 1 rings (SSSR count). The van der Waals surface area contributed by atoms with E-state index in [0.717, 1.165) is 6.07 Å². The molecule has 0 saturated carbocycles. The fourth-order valence-electron chi connectivity index (χ4n) is 1.59. The summed E-state index contributed by atoms with van der Waals surface area (Å²) in [4.78, 5) is 1.66. The van der Waals surface area contributed by atoms with E-state index in [0.29, 0.717) is 13.1 Å². The van der Waals surface area contributed by atoms with Crippen LogP contribution in [0.15, 0.2) is 49.6 Å². The van der Waals surface area contributed by atoms with Crippen molar-refractivity contribution in [2.24, 2.45) is 0 Å². The highest BCUT2D eigenvalue weighted by molar-refractivity contribution is 7.80. The van der Waals surface area contributed by atoms with Crippen molar-refractivity contribution in [3.63, 3.8) is 0 Å². The van der Waals surface area contributed by atoms with Gasteiger partial charge >= 0.3 is 6.18 Å². The number of hydrogen-bond acceptors (Lipinski definition) is 1. The van der Waals surface area contributed by atoms with Crippen molar-refractivity contribution in [3.05, 3.63) is 55.1 Å². The molecule has 0 aliphatic carbocycles. The Kier molecular flexibility index (Phi) is 5.76. The summed E-state index contributed by atoms with van der Waals surface area (Å²) in [5.41, 5.74) is -0.817. The highest BCUT2D eigenvalue weighted by Gasteiger charge is 2.33. The zero-order valence-electron chi connectivity index (χ0n) is 10.8. The van der Waals surface area contributed by atoms with Crippen LogP contribution in [-0.4, -0.2) is 23.1 Å². The maximum absolute atomic E-state index is 12.9. The second-order valence-corrected chi connectivity index (χ2v) is 4.34. The van der Waals surface area contributed by atoms with E-state index in [2.05, 4.69) is 18.5 Å². The van der Waals surface area contributed by atoms with Gasteiger partial charge in [0.1, 0.15) is 0 Å². The van der Waals surface area contributed by atoms with Gasteiger partial charge in [0.15, 0.2) is 5.11 Å². The maximum Gasteiger partial charge on any atom is 0.418 e. The van der Waals surface area contributed by atoms with E-state index >= 15 is 0 Å². The topological polar surface area (TPSA) is 15.3 Å². The molecule has 1 aromatic carbocycles. The SMILES string of the molecule is C=CCN(CC=C)C(=S)Nc1ccccc1C(F)(F)F. The van der Waals surface area contributed by atoms with E-state index in [4.69, 9.17) is 12.2 Å². The summed E-state index contributed by atoms with van der Waals surface area (Å²) in [6, 6.07) is 5.21. The Morgan fingerprint density at radius 3 is 2.25 bits per heavy atom. The van der Waals surface area contributed by atoms with Gasteiger partial charge in [-0.1, -0.05) is 24.3 Å². The highest BCUT2D eigenvalue weighted by atomic mass is 32.1. The lowest BCUT2D eigenvalue weighted by atomic mass is 10.1. The van der Waals surface area contributed by atoms with Crippen molar-refractivity contribution in [2.75, 3.05) is 18.4 Å². The van der Waals surface area contributed by atoms with Gasteiger partial charge in [0.2, 0.25) is 0 Å². The van der Waals surface area contributed by atoms with Gasteiger partial charge in [0.25, 0.3) is 0 Å². The van der Waals surface area contributed by atoms with Crippen LogP contribution in [0.5, 0.6) is 0 Å². The minimum absolute atomic E-state index is 0.0666. The second kappa shape index (κ2) is 7.09. The van der Waals surface area contributed by atoms with Crippen LogP contribution in [-0.2, 0) is 6.18 Å². The van der Waals surface area contributed by atoms with Crippen LogP contribution in [0.1, 0.15) is 5.56 Å². The summed E-state index contributed by atoms with van der Waals surface area (Å²) in [7, 11) is 0. The molecular formula is C14H15F3N2S. The van der Waals surface area contributed by atoms with Crippen molar-refractivity contribution in [2.45, 2.75) is 6.18 Å². The Labute approximate surface area is 121 Å². The van der Waals surface area contributed by atoms with Gasteiger partial charge in [0, 0.05) is 13.1 Å². The molecule has 0 saturated heterocycles. The summed E-state index contributed by atoms with van der Waals surface area (Å²) in [6.45, 7) is 8.02. The third-order valence-corrected chi connectivity index (χ3v) is 2.82. The van der Waals surface area contributed by atoms with Gasteiger partial charge in [-0.05, 0) is 24.4 Å². The zero-order chi connectivity index (χ0) is 15.2. The monoisotopic (exact) mass is 300 g/mol. The van der Waals surface area contributed by atoms with Gasteiger partial charge in [-0.3, -0.25) is 0 Å². The lowest BCUT2D eigenvalue weighted by Gasteiger charge is -2.24. The molecule has 108 valence electrons. The first-order valence-electron chi connectivity index (χ1n) is 5.84. The number of nitrogens with zero attached hydrogens (tertiary/aromatic N) is 1. The van der Waals surface area contributed by atoms with E-state index in [-0.39, 0.29) is 10.8 Å². The van der Waals surface area contributed by atoms with Crippen molar-refractivity contribution < 1.29 is 13.2 Å². The fraction of sp³-hybridized carbons (Fsp3) is 0.214. The number of nitrogens with one attached hydrogen (secondary N) is 1. The van der Waals surface area contributed by atoms with Crippen molar-refractivity contribution in [1.29, 1.82) is 0 Å². The maximum atomic E-state index is 12.9. The summed E-state index contributed by atoms with van der Waals surface area (Å²) >= 11 is 5.12. The number of thiocarbonyl (C=S) groups is 1. The fourth-order valence-corrected chi connectivity index (χ4v) is 1.84. The molecule has 0 heterocycles. The van der Waals surface area contributed by atoms with Crippen LogP contribution in [0.3, 0.4) is 0 Å². The van der Waals surface area contributed by atoms with Gasteiger partial charge in [-0.15, -0.1) is 13.2 Å². The van der Waals surface area contributed by atoms with Crippen LogP contribution < -0.4 is 5.32 Å². The Balaban J connectivity index is 2.95. The second-order valence-electron chi connectivity index (χ2n) is 3.96. The average Bonchev–Trinajstić information content (AvgIpc) is 2.38. The number of benzene rings is 1. The lowest BCUT2D eigenvalue weighted by molar-refractivity contribution is -0.136. The first-order valence-corrected chi connectivity index (χ1v) is 6.25. The predicted molar refractivity (Wildman–Crippen MR) is 79.6 cm³/mol. The van der Waals surface area contributed by atoms with Gasteiger partial charge < -0.3 is 10.2 Å². The summed E-state index contributed by atoms with van der Waals surface area (Å²) in [5, 5.41) is 2.82. The Morgan fingerprint density at radius 2 is 1.75 bits per heavy atom. The molecule has 0 atom stereocenters. The summed E-state index contributed by atoms with van der Waals surface area (Å²) in [6.07, 6.45) is -1.19. The van der Waals surface area contributed by atoms with Gasteiger partial charge in [0.05, 0.1) is 11.3 Å². The number of halogens is 3. The third kappa shape index (κ3) is 4.38. The zero-order valence-corrected chi connectivity index (χ0v) is 11.6. The molecular weight excluding hydrogens is 285 g/mol. The molecule has 20 heavy (non-hydrogen) atoms. The molecule has 0 unspecified atom stereocenters. The highest BCUT2D eigenvalue weighted by Crippen LogP contribution is 2.34. The quantitative estimate of drug-likeness (QED) is 0.651. The first-order chi connectivity index (χ1) is 9.40. The van der Waals surface area contributed by atoms with Crippen LogP contribution in [0, 0.1) is 0 Å². The van der Waals surface area contributed by atoms with Crippen LogP contribution in [0.25, 0.3) is 0 Å². The average molecular weight is 300 g/mol. The molecule has 0 bridgehead atoms. The van der Waals surface area contributed by atoms with Crippen molar-refractivity contribution in [1.82, 2.24) is 4.90 Å². The minimum atomic E-state index is -4.43. The molecule has 0 aliphatic rings. The van der Waals surface area contributed by atoms with Crippen LogP contribution in [0.2, 0.25) is 0 Å².